The normalized spacial score (nSPS) is 19.8. The zero-order valence-electron chi connectivity index (χ0n) is 11.3. The number of nitrogens with zero attached hydrogens (tertiary/aromatic N) is 1. The minimum atomic E-state index is -3.09. The van der Waals surface area contributed by atoms with Crippen molar-refractivity contribution in [2.75, 3.05) is 19.3 Å². The summed E-state index contributed by atoms with van der Waals surface area (Å²) in [6, 6.07) is 0.0794. The van der Waals surface area contributed by atoms with Crippen molar-refractivity contribution in [2.24, 2.45) is 0 Å². The van der Waals surface area contributed by atoms with Crippen LogP contribution < -0.4 is 5.32 Å². The smallest absolute Gasteiger partial charge is 0.246 e. The molecule has 6 heteroatoms. The monoisotopic (exact) mass is 274 g/mol. The summed E-state index contributed by atoms with van der Waals surface area (Å²) < 4.78 is 24.1. The Kier molecular flexibility index (Phi) is 5.34. The van der Waals surface area contributed by atoms with Gasteiger partial charge in [-0.3, -0.25) is 4.79 Å². The van der Waals surface area contributed by atoms with Gasteiger partial charge in [0.2, 0.25) is 15.9 Å². The topological polar surface area (TPSA) is 66.5 Å². The van der Waals surface area contributed by atoms with E-state index in [0.29, 0.717) is 25.9 Å². The highest BCUT2D eigenvalue weighted by atomic mass is 32.2. The van der Waals surface area contributed by atoms with Crippen molar-refractivity contribution in [3.8, 4) is 0 Å². The fourth-order valence-corrected chi connectivity index (χ4v) is 2.90. The Morgan fingerprint density at radius 3 is 2.39 bits per heavy atom. The molecule has 0 saturated carbocycles. The number of nitrogens with one attached hydrogen (secondary N) is 1. The van der Waals surface area contributed by atoms with Gasteiger partial charge in [-0.05, 0) is 26.2 Å². The van der Waals surface area contributed by atoms with Crippen LogP contribution in [0.4, 0.5) is 0 Å². The van der Waals surface area contributed by atoms with Crippen LogP contribution in [0.3, 0.4) is 0 Å². The minimum Gasteiger partial charge on any atom is -0.350 e. The number of piperidine rings is 1. The zero-order valence-corrected chi connectivity index (χ0v) is 12.1. The molecule has 0 aromatic rings. The van der Waals surface area contributed by atoms with Crippen LogP contribution in [0.5, 0.6) is 0 Å². The summed E-state index contributed by atoms with van der Waals surface area (Å²) in [6.07, 6.45) is 5.31. The average Bonchev–Trinajstić information content (AvgIpc) is 2.28. The molecular formula is C12H22N2O3S. The Morgan fingerprint density at radius 2 is 1.94 bits per heavy atom. The summed E-state index contributed by atoms with van der Waals surface area (Å²) in [5.41, 5.74) is 0.725. The summed E-state index contributed by atoms with van der Waals surface area (Å²) in [6.45, 7) is 4.76. The number of rotatable bonds is 4. The van der Waals surface area contributed by atoms with E-state index in [2.05, 4.69) is 5.32 Å². The molecule has 1 N–H and O–H groups in total. The number of carbonyl (C=O) groups is 1. The number of hydrogen-bond acceptors (Lipinski definition) is 3. The first-order valence-electron chi connectivity index (χ1n) is 6.27. The molecule has 1 aliphatic heterocycles. The van der Waals surface area contributed by atoms with Crippen molar-refractivity contribution in [2.45, 2.75) is 39.2 Å². The molecule has 104 valence electrons. The van der Waals surface area contributed by atoms with Gasteiger partial charge in [0.1, 0.15) is 0 Å². The molecule has 1 rings (SSSR count). The van der Waals surface area contributed by atoms with E-state index in [-0.39, 0.29) is 11.9 Å². The quantitative estimate of drug-likeness (QED) is 0.774. The SMILES string of the molecule is CC/C=C(/C)C(=O)NC1CCN(S(C)(=O)=O)CC1. The molecule has 0 spiro atoms. The highest BCUT2D eigenvalue weighted by Crippen LogP contribution is 2.13. The summed E-state index contributed by atoms with van der Waals surface area (Å²) in [5, 5.41) is 2.95. The van der Waals surface area contributed by atoms with E-state index in [9.17, 15) is 13.2 Å². The second-order valence-corrected chi connectivity index (χ2v) is 6.69. The third-order valence-corrected chi connectivity index (χ3v) is 4.43. The Morgan fingerprint density at radius 1 is 1.39 bits per heavy atom. The molecule has 0 aromatic heterocycles. The maximum Gasteiger partial charge on any atom is 0.246 e. The standard InChI is InChI=1S/C12H22N2O3S/c1-4-5-10(2)12(15)13-11-6-8-14(9-7-11)18(3,16)17/h5,11H,4,6-9H2,1-3H3,(H,13,15)/b10-5-. The molecule has 0 aliphatic carbocycles. The lowest BCUT2D eigenvalue weighted by Crippen LogP contribution is -2.46. The van der Waals surface area contributed by atoms with E-state index in [1.807, 2.05) is 13.0 Å². The van der Waals surface area contributed by atoms with Gasteiger partial charge in [0, 0.05) is 24.7 Å². The Bertz CT molecular complexity index is 421. The summed E-state index contributed by atoms with van der Waals surface area (Å²) >= 11 is 0. The Hall–Kier alpha value is -0.880. The first kappa shape index (κ1) is 15.2. The molecule has 1 saturated heterocycles. The van der Waals surface area contributed by atoms with E-state index >= 15 is 0 Å². The Labute approximate surface area is 109 Å². The van der Waals surface area contributed by atoms with Crippen LogP contribution in [-0.4, -0.2) is 44.0 Å². The molecule has 1 fully saturated rings. The van der Waals surface area contributed by atoms with Crippen molar-refractivity contribution in [3.63, 3.8) is 0 Å². The predicted octanol–water partition coefficient (Wildman–Crippen LogP) is 0.883. The summed E-state index contributed by atoms with van der Waals surface area (Å²) in [4.78, 5) is 11.8. The lowest BCUT2D eigenvalue weighted by molar-refractivity contribution is -0.118. The van der Waals surface area contributed by atoms with Gasteiger partial charge in [0.25, 0.3) is 0 Å². The lowest BCUT2D eigenvalue weighted by Gasteiger charge is -2.30. The van der Waals surface area contributed by atoms with Gasteiger partial charge < -0.3 is 5.32 Å². The molecule has 0 radical (unpaired) electrons. The number of carbonyl (C=O) groups excluding carboxylic acids is 1. The number of allylic oxidation sites excluding steroid dienone is 1. The van der Waals surface area contributed by atoms with Gasteiger partial charge in [0.05, 0.1) is 6.26 Å². The van der Waals surface area contributed by atoms with Crippen molar-refractivity contribution >= 4 is 15.9 Å². The Balaban J connectivity index is 2.45. The van der Waals surface area contributed by atoms with Crippen LogP contribution in [0.25, 0.3) is 0 Å². The van der Waals surface area contributed by atoms with E-state index in [0.717, 1.165) is 12.0 Å². The van der Waals surface area contributed by atoms with Crippen LogP contribution in [0.15, 0.2) is 11.6 Å². The number of hydrogen-bond donors (Lipinski definition) is 1. The van der Waals surface area contributed by atoms with Crippen molar-refractivity contribution in [1.82, 2.24) is 9.62 Å². The van der Waals surface area contributed by atoms with Crippen molar-refractivity contribution in [3.05, 3.63) is 11.6 Å². The second kappa shape index (κ2) is 6.33. The maximum absolute atomic E-state index is 11.8. The molecule has 1 amide bonds. The number of amides is 1. The maximum atomic E-state index is 11.8. The van der Waals surface area contributed by atoms with Gasteiger partial charge in [-0.15, -0.1) is 0 Å². The van der Waals surface area contributed by atoms with Crippen LogP contribution in [-0.2, 0) is 14.8 Å². The van der Waals surface area contributed by atoms with Gasteiger partial charge in [-0.25, -0.2) is 12.7 Å². The fourth-order valence-electron chi connectivity index (χ4n) is 2.03. The van der Waals surface area contributed by atoms with Crippen LogP contribution in [0.2, 0.25) is 0 Å². The zero-order chi connectivity index (χ0) is 13.8. The molecular weight excluding hydrogens is 252 g/mol. The predicted molar refractivity (Wildman–Crippen MR) is 71.6 cm³/mol. The highest BCUT2D eigenvalue weighted by Gasteiger charge is 2.25. The third-order valence-electron chi connectivity index (χ3n) is 3.13. The molecule has 18 heavy (non-hydrogen) atoms. The van der Waals surface area contributed by atoms with E-state index in [1.54, 1.807) is 6.92 Å². The second-order valence-electron chi connectivity index (χ2n) is 4.71. The van der Waals surface area contributed by atoms with Crippen LogP contribution in [0.1, 0.15) is 33.1 Å². The number of sulfonamides is 1. The third kappa shape index (κ3) is 4.42. The molecule has 0 aromatic carbocycles. The molecule has 0 bridgehead atoms. The summed E-state index contributed by atoms with van der Waals surface area (Å²) in [5.74, 6) is -0.0466. The van der Waals surface area contributed by atoms with E-state index < -0.39 is 10.0 Å². The minimum absolute atomic E-state index is 0.0466. The molecule has 0 unspecified atom stereocenters. The molecule has 0 atom stereocenters. The fraction of sp³-hybridized carbons (Fsp3) is 0.750. The van der Waals surface area contributed by atoms with Crippen LogP contribution >= 0.6 is 0 Å². The van der Waals surface area contributed by atoms with Crippen molar-refractivity contribution in [1.29, 1.82) is 0 Å². The van der Waals surface area contributed by atoms with Gasteiger partial charge >= 0.3 is 0 Å². The summed E-state index contributed by atoms with van der Waals surface area (Å²) in [7, 11) is -3.09. The van der Waals surface area contributed by atoms with Gasteiger partial charge in [-0.2, -0.15) is 0 Å². The first-order chi connectivity index (χ1) is 8.34. The molecule has 1 heterocycles. The van der Waals surface area contributed by atoms with Crippen molar-refractivity contribution < 1.29 is 13.2 Å². The first-order valence-corrected chi connectivity index (χ1v) is 8.12. The van der Waals surface area contributed by atoms with E-state index in [1.165, 1.54) is 10.6 Å². The lowest BCUT2D eigenvalue weighted by atomic mass is 10.1. The highest BCUT2D eigenvalue weighted by molar-refractivity contribution is 7.88. The van der Waals surface area contributed by atoms with Gasteiger partial charge in [0.15, 0.2) is 0 Å². The van der Waals surface area contributed by atoms with E-state index in [4.69, 9.17) is 0 Å². The average molecular weight is 274 g/mol. The molecule has 1 aliphatic rings. The molecule has 5 nitrogen and oxygen atoms in total. The largest absolute Gasteiger partial charge is 0.350 e. The van der Waals surface area contributed by atoms with Gasteiger partial charge in [-0.1, -0.05) is 13.0 Å². The van der Waals surface area contributed by atoms with Crippen LogP contribution in [0, 0.1) is 0 Å².